The first-order chi connectivity index (χ1) is 8.13. The summed E-state index contributed by atoms with van der Waals surface area (Å²) in [5.41, 5.74) is 7.78. The molecule has 0 spiro atoms. The van der Waals surface area contributed by atoms with E-state index in [4.69, 9.17) is 10.5 Å². The van der Waals surface area contributed by atoms with Crippen molar-refractivity contribution in [3.63, 3.8) is 0 Å². The first-order valence-corrected chi connectivity index (χ1v) is 5.76. The summed E-state index contributed by atoms with van der Waals surface area (Å²) in [6.07, 6.45) is -0.0554. The largest absolute Gasteiger partial charge is 0.373 e. The molecule has 6 nitrogen and oxygen atoms in total. The third kappa shape index (κ3) is 2.32. The van der Waals surface area contributed by atoms with Crippen LogP contribution in [0.4, 0.5) is 0 Å². The fourth-order valence-electron chi connectivity index (χ4n) is 2.07. The number of hydrogen-bond acceptors (Lipinski definition) is 4. The number of aromatic amines is 1. The van der Waals surface area contributed by atoms with Gasteiger partial charge in [-0.3, -0.25) is 9.89 Å². The molecule has 1 saturated heterocycles. The van der Waals surface area contributed by atoms with Crippen LogP contribution in [0.25, 0.3) is 0 Å². The molecule has 1 amide bonds. The van der Waals surface area contributed by atoms with Gasteiger partial charge >= 0.3 is 0 Å². The molecule has 94 valence electrons. The van der Waals surface area contributed by atoms with Crippen molar-refractivity contribution >= 4 is 5.91 Å². The molecule has 1 aliphatic rings. The highest BCUT2D eigenvalue weighted by molar-refractivity contribution is 5.96. The zero-order chi connectivity index (χ0) is 12.4. The molecule has 1 atom stereocenters. The standard InChI is InChI=1S/C11H18N4O2/c1-7-10(8(2)14-13-7)11(16)15-3-4-17-9(5-12)6-15/h9H,3-6,12H2,1-2H3,(H,13,14). The summed E-state index contributed by atoms with van der Waals surface area (Å²) < 4.78 is 5.44. The summed E-state index contributed by atoms with van der Waals surface area (Å²) in [4.78, 5) is 14.1. The van der Waals surface area contributed by atoms with Crippen LogP contribution in [0.3, 0.4) is 0 Å². The third-order valence-electron chi connectivity index (χ3n) is 3.03. The second-order valence-corrected chi connectivity index (χ2v) is 4.29. The molecule has 6 heteroatoms. The number of amides is 1. The minimum Gasteiger partial charge on any atom is -0.373 e. The number of carbonyl (C=O) groups excluding carboxylic acids is 1. The van der Waals surface area contributed by atoms with Crippen molar-refractivity contribution < 1.29 is 9.53 Å². The van der Waals surface area contributed by atoms with Crippen molar-refractivity contribution in [2.24, 2.45) is 5.73 Å². The van der Waals surface area contributed by atoms with E-state index in [9.17, 15) is 4.79 Å². The van der Waals surface area contributed by atoms with E-state index in [2.05, 4.69) is 10.2 Å². The summed E-state index contributed by atoms with van der Waals surface area (Å²) in [6, 6.07) is 0. The highest BCUT2D eigenvalue weighted by atomic mass is 16.5. The predicted octanol–water partition coefficient (Wildman–Crippen LogP) is -0.174. The lowest BCUT2D eigenvalue weighted by Crippen LogP contribution is -2.48. The Morgan fingerprint density at radius 1 is 1.65 bits per heavy atom. The van der Waals surface area contributed by atoms with E-state index in [1.54, 1.807) is 4.90 Å². The van der Waals surface area contributed by atoms with Crippen LogP contribution in [0.5, 0.6) is 0 Å². The average molecular weight is 238 g/mol. The van der Waals surface area contributed by atoms with Crippen LogP contribution in [0.15, 0.2) is 0 Å². The molecule has 0 saturated carbocycles. The number of nitrogens with zero attached hydrogens (tertiary/aromatic N) is 2. The van der Waals surface area contributed by atoms with Crippen molar-refractivity contribution in [3.05, 3.63) is 17.0 Å². The maximum Gasteiger partial charge on any atom is 0.257 e. The maximum absolute atomic E-state index is 12.3. The summed E-state index contributed by atoms with van der Waals surface area (Å²) in [7, 11) is 0. The number of hydrogen-bond donors (Lipinski definition) is 2. The normalized spacial score (nSPS) is 20.6. The second-order valence-electron chi connectivity index (χ2n) is 4.29. The Bertz CT molecular complexity index is 396. The molecule has 1 aromatic rings. The molecule has 2 rings (SSSR count). The second kappa shape index (κ2) is 4.85. The van der Waals surface area contributed by atoms with Crippen molar-refractivity contribution in [1.82, 2.24) is 15.1 Å². The number of carbonyl (C=O) groups is 1. The summed E-state index contributed by atoms with van der Waals surface area (Å²) in [5, 5.41) is 6.87. The quantitative estimate of drug-likeness (QED) is 0.749. The number of aromatic nitrogens is 2. The number of rotatable bonds is 2. The number of nitrogens with one attached hydrogen (secondary N) is 1. The van der Waals surface area contributed by atoms with Gasteiger partial charge in [0, 0.05) is 25.3 Å². The highest BCUT2D eigenvalue weighted by Gasteiger charge is 2.27. The van der Waals surface area contributed by atoms with E-state index in [1.807, 2.05) is 13.8 Å². The third-order valence-corrected chi connectivity index (χ3v) is 3.03. The zero-order valence-corrected chi connectivity index (χ0v) is 10.2. The number of ether oxygens (including phenoxy) is 1. The zero-order valence-electron chi connectivity index (χ0n) is 10.2. The lowest BCUT2D eigenvalue weighted by atomic mass is 10.1. The van der Waals surface area contributed by atoms with Crippen LogP contribution in [0, 0.1) is 13.8 Å². The molecule has 1 unspecified atom stereocenters. The summed E-state index contributed by atoms with van der Waals surface area (Å²) in [6.45, 7) is 5.83. The molecule has 1 fully saturated rings. The van der Waals surface area contributed by atoms with Gasteiger partial charge in [0.2, 0.25) is 0 Å². The van der Waals surface area contributed by atoms with Crippen molar-refractivity contribution in [2.45, 2.75) is 20.0 Å². The van der Waals surface area contributed by atoms with Crippen LogP contribution in [0.2, 0.25) is 0 Å². The molecule has 2 heterocycles. The topological polar surface area (TPSA) is 84.2 Å². The van der Waals surface area contributed by atoms with Crippen LogP contribution in [-0.4, -0.2) is 53.3 Å². The number of H-pyrrole nitrogens is 1. The molecule has 3 N–H and O–H groups in total. The van der Waals surface area contributed by atoms with Crippen LogP contribution in [-0.2, 0) is 4.74 Å². The first-order valence-electron chi connectivity index (χ1n) is 5.76. The smallest absolute Gasteiger partial charge is 0.257 e. The number of nitrogens with two attached hydrogens (primary N) is 1. The SMILES string of the molecule is Cc1n[nH]c(C)c1C(=O)N1CCOC(CN)C1. The molecule has 0 radical (unpaired) electrons. The summed E-state index contributed by atoms with van der Waals surface area (Å²) in [5.74, 6) is 0.00972. The Labute approximate surface area is 100 Å². The Hall–Kier alpha value is -1.40. The Morgan fingerprint density at radius 3 is 3.00 bits per heavy atom. The molecule has 1 aliphatic heterocycles. The van der Waals surface area contributed by atoms with Gasteiger partial charge in [-0.25, -0.2) is 0 Å². The predicted molar refractivity (Wildman–Crippen MR) is 62.8 cm³/mol. The van der Waals surface area contributed by atoms with Gasteiger partial charge < -0.3 is 15.4 Å². The lowest BCUT2D eigenvalue weighted by molar-refractivity contribution is -0.0168. The molecule has 0 aliphatic carbocycles. The van der Waals surface area contributed by atoms with E-state index in [0.717, 1.165) is 11.4 Å². The van der Waals surface area contributed by atoms with E-state index in [1.165, 1.54) is 0 Å². The Morgan fingerprint density at radius 2 is 2.41 bits per heavy atom. The molecular weight excluding hydrogens is 220 g/mol. The average Bonchev–Trinajstić information content (AvgIpc) is 2.68. The van der Waals surface area contributed by atoms with Crippen molar-refractivity contribution in [3.8, 4) is 0 Å². The van der Waals surface area contributed by atoms with Gasteiger partial charge in [0.15, 0.2) is 0 Å². The monoisotopic (exact) mass is 238 g/mol. The van der Waals surface area contributed by atoms with E-state index < -0.39 is 0 Å². The van der Waals surface area contributed by atoms with Crippen molar-refractivity contribution in [2.75, 3.05) is 26.2 Å². The lowest BCUT2D eigenvalue weighted by Gasteiger charge is -2.32. The first kappa shape index (κ1) is 12.1. The molecule has 0 aromatic carbocycles. The van der Waals surface area contributed by atoms with E-state index in [0.29, 0.717) is 31.8 Å². The maximum atomic E-state index is 12.3. The van der Waals surface area contributed by atoms with Gasteiger partial charge in [0.1, 0.15) is 0 Å². The van der Waals surface area contributed by atoms with Gasteiger partial charge in [-0.2, -0.15) is 5.10 Å². The van der Waals surface area contributed by atoms with Gasteiger partial charge in [0.05, 0.1) is 24.0 Å². The van der Waals surface area contributed by atoms with Crippen LogP contribution in [0.1, 0.15) is 21.7 Å². The van der Waals surface area contributed by atoms with Crippen LogP contribution >= 0.6 is 0 Å². The Balaban J connectivity index is 2.15. The molecule has 0 bridgehead atoms. The van der Waals surface area contributed by atoms with Gasteiger partial charge in [0.25, 0.3) is 5.91 Å². The van der Waals surface area contributed by atoms with Crippen molar-refractivity contribution in [1.29, 1.82) is 0 Å². The van der Waals surface area contributed by atoms with Gasteiger partial charge in [-0.05, 0) is 13.8 Å². The Kier molecular flexibility index (Phi) is 3.44. The molecule has 17 heavy (non-hydrogen) atoms. The van der Waals surface area contributed by atoms with Crippen LogP contribution < -0.4 is 5.73 Å². The minimum absolute atomic E-state index is 0.00972. The summed E-state index contributed by atoms with van der Waals surface area (Å²) >= 11 is 0. The molecule has 1 aromatic heterocycles. The molecular formula is C11H18N4O2. The van der Waals surface area contributed by atoms with Gasteiger partial charge in [-0.1, -0.05) is 0 Å². The van der Waals surface area contributed by atoms with E-state index in [-0.39, 0.29) is 12.0 Å². The van der Waals surface area contributed by atoms with E-state index >= 15 is 0 Å². The fraction of sp³-hybridized carbons (Fsp3) is 0.636. The highest BCUT2D eigenvalue weighted by Crippen LogP contribution is 2.15. The fourth-order valence-corrected chi connectivity index (χ4v) is 2.07. The van der Waals surface area contributed by atoms with Gasteiger partial charge in [-0.15, -0.1) is 0 Å². The number of morpholine rings is 1. The number of aryl methyl sites for hydroxylation is 2. The minimum atomic E-state index is -0.0554.